The highest BCUT2D eigenvalue weighted by Crippen LogP contribution is 2.39. The number of ether oxygens (including phenoxy) is 2. The van der Waals surface area contributed by atoms with Crippen LogP contribution in [0.15, 0.2) is 10.2 Å². The maximum absolute atomic E-state index is 13.5. The number of halogens is 4. The van der Waals surface area contributed by atoms with Crippen LogP contribution in [-0.4, -0.2) is 72.7 Å². The molecule has 2 fully saturated rings. The summed E-state index contributed by atoms with van der Waals surface area (Å²) in [5, 5.41) is -1.73. The number of rotatable bonds is 10. The van der Waals surface area contributed by atoms with E-state index in [1.54, 1.807) is 0 Å². The van der Waals surface area contributed by atoms with Crippen molar-refractivity contribution < 1.29 is 62.6 Å². The molecule has 0 aromatic rings. The molecule has 12 nitrogen and oxygen atoms in total. The minimum Gasteiger partial charge on any atom is -0.456 e. The van der Waals surface area contributed by atoms with Crippen molar-refractivity contribution in [2.24, 2.45) is 10.2 Å². The lowest BCUT2D eigenvalue weighted by molar-refractivity contribution is -0.160. The van der Waals surface area contributed by atoms with Crippen molar-refractivity contribution in [1.29, 1.82) is 0 Å². The van der Waals surface area contributed by atoms with E-state index in [4.69, 9.17) is 9.11 Å². The first-order valence-corrected chi connectivity index (χ1v) is 13.7. The van der Waals surface area contributed by atoms with Gasteiger partial charge in [0.1, 0.15) is 0 Å². The summed E-state index contributed by atoms with van der Waals surface area (Å²) < 4.78 is 123. The van der Waals surface area contributed by atoms with Crippen molar-refractivity contribution >= 4 is 32.2 Å². The zero-order valence-corrected chi connectivity index (χ0v) is 20.5. The Labute approximate surface area is 204 Å². The molecule has 0 aliphatic heterocycles. The van der Waals surface area contributed by atoms with Gasteiger partial charge in [0.05, 0.1) is 0 Å². The van der Waals surface area contributed by atoms with Crippen molar-refractivity contribution in [2.45, 2.75) is 85.8 Å². The minimum absolute atomic E-state index is 0.0707. The fourth-order valence-electron chi connectivity index (χ4n) is 3.87. The average Bonchev–Trinajstić information content (AvgIpc) is 2.79. The van der Waals surface area contributed by atoms with Gasteiger partial charge in [-0.15, -0.1) is 0 Å². The van der Waals surface area contributed by atoms with E-state index < -0.39 is 67.0 Å². The Hall–Kier alpha value is -1.92. The summed E-state index contributed by atoms with van der Waals surface area (Å²) in [6.45, 7) is -4.00. The normalized spacial score (nSPS) is 21.2. The van der Waals surface area contributed by atoms with Crippen LogP contribution in [0.2, 0.25) is 0 Å². The minimum atomic E-state index is -5.88. The van der Waals surface area contributed by atoms with Crippen molar-refractivity contribution in [3.05, 3.63) is 0 Å². The first-order chi connectivity index (χ1) is 16.4. The van der Waals surface area contributed by atoms with Crippen LogP contribution in [0.4, 0.5) is 17.6 Å². The second-order valence-corrected chi connectivity index (χ2v) is 11.9. The summed E-state index contributed by atoms with van der Waals surface area (Å²) >= 11 is 0. The Morgan fingerprint density at radius 3 is 1.19 bits per heavy atom. The highest BCUT2D eigenvalue weighted by atomic mass is 32.2. The quantitative estimate of drug-likeness (QED) is 0.171. The molecule has 2 N–H and O–H groups in total. The van der Waals surface area contributed by atoms with E-state index in [9.17, 15) is 44.0 Å². The largest absolute Gasteiger partial charge is 0.456 e. The van der Waals surface area contributed by atoms with Crippen molar-refractivity contribution in [1.82, 2.24) is 0 Å². The lowest BCUT2D eigenvalue weighted by Gasteiger charge is -2.34. The fourth-order valence-corrected chi connectivity index (χ4v) is 4.29. The number of azo groups is 1. The molecule has 0 saturated heterocycles. The fraction of sp³-hybridized carbons (Fsp3) is 0.889. The molecule has 18 heteroatoms. The van der Waals surface area contributed by atoms with Crippen LogP contribution in [0.25, 0.3) is 0 Å². The van der Waals surface area contributed by atoms with E-state index in [-0.39, 0.29) is 25.7 Å². The van der Waals surface area contributed by atoms with Crippen LogP contribution in [0, 0.1) is 0 Å². The maximum atomic E-state index is 13.5. The molecule has 0 atom stereocenters. The summed E-state index contributed by atoms with van der Waals surface area (Å²) in [5.74, 6) is -2.77. The van der Waals surface area contributed by atoms with Crippen LogP contribution < -0.4 is 0 Å². The molecular formula is C18H26F4N2O10S2. The van der Waals surface area contributed by atoms with Gasteiger partial charge in [0.15, 0.2) is 24.3 Å². The van der Waals surface area contributed by atoms with Crippen LogP contribution in [-0.2, 0) is 39.3 Å². The number of nitrogens with zero attached hydrogens (tertiary/aromatic N) is 2. The van der Waals surface area contributed by atoms with Gasteiger partial charge in [-0.25, -0.2) is 9.59 Å². The SMILES string of the molecule is O=C(OCC(F)(F)S(=O)(=O)O)C1(N=NC2(C(=O)OCC(F)(F)S(=O)(=O)O)CCCCC2)CCCCC1. The molecule has 0 aromatic carbocycles. The van der Waals surface area contributed by atoms with Crippen LogP contribution >= 0.6 is 0 Å². The first-order valence-electron chi connectivity index (χ1n) is 10.9. The number of carbonyl (C=O) groups excluding carboxylic acids is 2. The third-order valence-corrected chi connectivity index (χ3v) is 7.80. The third kappa shape index (κ3) is 6.89. The Morgan fingerprint density at radius 2 is 0.944 bits per heavy atom. The lowest BCUT2D eigenvalue weighted by atomic mass is 9.81. The number of carbonyl (C=O) groups is 2. The van der Waals surface area contributed by atoms with E-state index in [0.29, 0.717) is 38.5 Å². The lowest BCUT2D eigenvalue weighted by Crippen LogP contribution is -2.46. The Kier molecular flexibility index (Phi) is 9.11. The number of hydrogen-bond acceptors (Lipinski definition) is 10. The number of alkyl halides is 4. The molecule has 2 aliphatic rings. The van der Waals surface area contributed by atoms with Gasteiger partial charge in [0.25, 0.3) is 0 Å². The molecule has 36 heavy (non-hydrogen) atoms. The summed E-state index contributed by atoms with van der Waals surface area (Å²) in [6, 6.07) is 0. The van der Waals surface area contributed by atoms with Gasteiger partial charge >= 0.3 is 42.7 Å². The summed E-state index contributed by atoms with van der Waals surface area (Å²) in [5.41, 5.74) is -3.78. The smallest absolute Gasteiger partial charge is 0.402 e. The molecule has 208 valence electrons. The average molecular weight is 571 g/mol. The molecule has 2 saturated carbocycles. The molecule has 0 aromatic heterocycles. The molecule has 0 spiro atoms. The van der Waals surface area contributed by atoms with Gasteiger partial charge < -0.3 is 9.47 Å². The van der Waals surface area contributed by atoms with Crippen LogP contribution in [0.3, 0.4) is 0 Å². The monoisotopic (exact) mass is 570 g/mol. The van der Waals surface area contributed by atoms with E-state index in [0.717, 1.165) is 0 Å². The summed E-state index contributed by atoms with van der Waals surface area (Å²) in [4.78, 5) is 25.4. The molecule has 2 rings (SSSR count). The second-order valence-electron chi connectivity index (χ2n) is 8.76. The second kappa shape index (κ2) is 10.8. The van der Waals surface area contributed by atoms with Gasteiger partial charge in [0.2, 0.25) is 0 Å². The molecular weight excluding hydrogens is 544 g/mol. The van der Waals surface area contributed by atoms with Crippen LogP contribution in [0.5, 0.6) is 0 Å². The molecule has 0 amide bonds. The zero-order valence-electron chi connectivity index (χ0n) is 18.9. The van der Waals surface area contributed by atoms with E-state index >= 15 is 0 Å². The maximum Gasteiger partial charge on any atom is 0.402 e. The first kappa shape index (κ1) is 30.3. The predicted molar refractivity (Wildman–Crippen MR) is 111 cm³/mol. The summed E-state index contributed by atoms with van der Waals surface area (Å²) in [7, 11) is -11.8. The molecule has 2 aliphatic carbocycles. The van der Waals surface area contributed by atoms with Crippen molar-refractivity contribution in [3.63, 3.8) is 0 Å². The van der Waals surface area contributed by atoms with Crippen molar-refractivity contribution in [3.8, 4) is 0 Å². The zero-order chi connectivity index (χ0) is 27.5. The Morgan fingerprint density at radius 1 is 0.667 bits per heavy atom. The van der Waals surface area contributed by atoms with Crippen molar-refractivity contribution in [2.75, 3.05) is 13.2 Å². The Bertz CT molecular complexity index is 983. The Balaban J connectivity index is 2.30. The molecule has 0 heterocycles. The van der Waals surface area contributed by atoms with Gasteiger partial charge in [-0.1, -0.05) is 38.5 Å². The molecule has 0 bridgehead atoms. The topological polar surface area (TPSA) is 186 Å². The van der Waals surface area contributed by atoms with E-state index in [1.165, 1.54) is 0 Å². The number of esters is 2. The molecule has 0 unspecified atom stereocenters. The van der Waals surface area contributed by atoms with Gasteiger partial charge in [-0.2, -0.15) is 44.6 Å². The van der Waals surface area contributed by atoms with Gasteiger partial charge in [-0.3, -0.25) is 9.11 Å². The standard InChI is InChI=1S/C18H26F4N2O10S2/c19-17(20,35(27,28)29)11-33-13(25)15(7-3-1-4-8-15)23-24-16(9-5-2-6-10-16)14(26)34-12-18(21,22)36(30,31)32/h1-12H2,(H,27,28,29)(H,30,31,32). The van der Waals surface area contributed by atoms with Crippen LogP contribution in [0.1, 0.15) is 64.2 Å². The van der Waals surface area contributed by atoms with E-state index in [1.807, 2.05) is 0 Å². The molecule has 0 radical (unpaired) electrons. The highest BCUT2D eigenvalue weighted by Gasteiger charge is 2.51. The number of hydrogen-bond donors (Lipinski definition) is 2. The predicted octanol–water partition coefficient (Wildman–Crippen LogP) is 2.89. The van der Waals surface area contributed by atoms with E-state index in [2.05, 4.69) is 19.7 Å². The summed E-state index contributed by atoms with van der Waals surface area (Å²) in [6.07, 6.45) is 2.42. The van der Waals surface area contributed by atoms with Gasteiger partial charge in [0, 0.05) is 0 Å². The van der Waals surface area contributed by atoms with Gasteiger partial charge in [-0.05, 0) is 25.7 Å². The third-order valence-electron chi connectivity index (χ3n) is 6.05. The highest BCUT2D eigenvalue weighted by molar-refractivity contribution is 7.87.